The minimum absolute atomic E-state index is 0.0385. The molecule has 0 spiro atoms. The molecule has 1 rings (SSSR count). The maximum Gasteiger partial charge on any atom is 0.280 e. The molecule has 1 aromatic rings. The van der Waals surface area contributed by atoms with Crippen LogP contribution in [0.25, 0.3) is 0 Å². The molecule has 1 aromatic heterocycles. The van der Waals surface area contributed by atoms with Gasteiger partial charge >= 0.3 is 0 Å². The Labute approximate surface area is 79.5 Å². The average Bonchev–Trinajstić information content (AvgIpc) is 2.07. The molecule has 2 nitrogen and oxygen atoms in total. The predicted molar refractivity (Wildman–Crippen MR) is 45.5 cm³/mol. The van der Waals surface area contributed by atoms with Crippen LogP contribution in [0.3, 0.4) is 0 Å². The lowest BCUT2D eigenvalue weighted by atomic mass is 10.2. The van der Waals surface area contributed by atoms with Gasteiger partial charge < -0.3 is 4.74 Å². The number of alkyl halides is 2. The molecule has 0 N–H and O–H groups in total. The van der Waals surface area contributed by atoms with Crippen LogP contribution in [-0.4, -0.2) is 12.1 Å². The van der Waals surface area contributed by atoms with E-state index in [1.54, 1.807) is 0 Å². The van der Waals surface area contributed by atoms with Gasteiger partial charge in [-0.1, -0.05) is 11.6 Å². The van der Waals surface area contributed by atoms with Crippen molar-refractivity contribution in [3.05, 3.63) is 22.5 Å². The largest absolute Gasteiger partial charge is 0.494 e. The first-order valence-corrected chi connectivity index (χ1v) is 3.93. The number of aryl methyl sites for hydroxylation is 1. The van der Waals surface area contributed by atoms with Crippen molar-refractivity contribution in [2.75, 3.05) is 7.11 Å². The SMILES string of the molecule is COc1cc(C)c(C(F)F)nc1Cl. The summed E-state index contributed by atoms with van der Waals surface area (Å²) >= 11 is 5.58. The number of rotatable bonds is 2. The van der Waals surface area contributed by atoms with E-state index in [0.29, 0.717) is 11.3 Å². The highest BCUT2D eigenvalue weighted by atomic mass is 35.5. The van der Waals surface area contributed by atoms with Crippen molar-refractivity contribution < 1.29 is 13.5 Å². The monoisotopic (exact) mass is 207 g/mol. The van der Waals surface area contributed by atoms with E-state index in [1.807, 2.05) is 0 Å². The Morgan fingerprint density at radius 2 is 2.15 bits per heavy atom. The Bertz CT molecular complexity index is 317. The maximum absolute atomic E-state index is 12.3. The maximum atomic E-state index is 12.3. The number of aromatic nitrogens is 1. The summed E-state index contributed by atoms with van der Waals surface area (Å²) in [6.07, 6.45) is -2.61. The predicted octanol–water partition coefficient (Wildman–Crippen LogP) is 2.99. The van der Waals surface area contributed by atoms with Crippen LogP contribution in [0.5, 0.6) is 5.75 Å². The number of hydrogen-bond acceptors (Lipinski definition) is 2. The normalized spacial score (nSPS) is 10.6. The summed E-state index contributed by atoms with van der Waals surface area (Å²) in [7, 11) is 1.41. The van der Waals surface area contributed by atoms with Gasteiger partial charge in [-0.15, -0.1) is 0 Å². The lowest BCUT2D eigenvalue weighted by Crippen LogP contribution is -1.97. The second-order valence-corrected chi connectivity index (χ2v) is 2.84. The van der Waals surface area contributed by atoms with E-state index in [2.05, 4.69) is 4.98 Å². The van der Waals surface area contributed by atoms with Gasteiger partial charge in [-0.05, 0) is 18.6 Å². The zero-order valence-electron chi connectivity index (χ0n) is 7.14. The van der Waals surface area contributed by atoms with E-state index in [-0.39, 0.29) is 10.8 Å². The van der Waals surface area contributed by atoms with Gasteiger partial charge in [0.2, 0.25) is 0 Å². The van der Waals surface area contributed by atoms with Crippen molar-refractivity contribution in [3.63, 3.8) is 0 Å². The van der Waals surface area contributed by atoms with Crippen molar-refractivity contribution in [2.24, 2.45) is 0 Å². The van der Waals surface area contributed by atoms with E-state index < -0.39 is 6.43 Å². The van der Waals surface area contributed by atoms with Crippen LogP contribution in [0.1, 0.15) is 17.7 Å². The molecular weight excluding hydrogens is 200 g/mol. The van der Waals surface area contributed by atoms with Gasteiger partial charge in [-0.2, -0.15) is 0 Å². The summed E-state index contributed by atoms with van der Waals surface area (Å²) < 4.78 is 29.4. The molecule has 0 aliphatic rings. The van der Waals surface area contributed by atoms with Crippen LogP contribution in [0.2, 0.25) is 5.15 Å². The summed E-state index contributed by atoms with van der Waals surface area (Å²) in [5.41, 5.74) is 0.0713. The smallest absolute Gasteiger partial charge is 0.280 e. The van der Waals surface area contributed by atoms with Crippen LogP contribution < -0.4 is 4.74 Å². The van der Waals surface area contributed by atoms with Gasteiger partial charge in [0.1, 0.15) is 5.69 Å². The minimum Gasteiger partial charge on any atom is -0.494 e. The van der Waals surface area contributed by atoms with Crippen LogP contribution in [0.4, 0.5) is 8.78 Å². The van der Waals surface area contributed by atoms with E-state index in [4.69, 9.17) is 16.3 Å². The Kier molecular flexibility index (Phi) is 3.03. The summed E-state index contributed by atoms with van der Waals surface area (Å²) in [5.74, 6) is 0.309. The fourth-order valence-electron chi connectivity index (χ4n) is 0.943. The Balaban J connectivity index is 3.20. The second-order valence-electron chi connectivity index (χ2n) is 2.48. The fraction of sp³-hybridized carbons (Fsp3) is 0.375. The van der Waals surface area contributed by atoms with E-state index in [0.717, 1.165) is 0 Å². The number of ether oxygens (including phenoxy) is 1. The second kappa shape index (κ2) is 3.87. The highest BCUT2D eigenvalue weighted by Crippen LogP contribution is 2.29. The molecule has 0 unspecified atom stereocenters. The van der Waals surface area contributed by atoms with Crippen molar-refractivity contribution >= 4 is 11.6 Å². The zero-order valence-corrected chi connectivity index (χ0v) is 7.90. The molecule has 5 heteroatoms. The Hall–Kier alpha value is -0.900. The van der Waals surface area contributed by atoms with Crippen molar-refractivity contribution in [3.8, 4) is 5.75 Å². The molecule has 1 heterocycles. The van der Waals surface area contributed by atoms with Crippen molar-refractivity contribution in [2.45, 2.75) is 13.3 Å². The quantitative estimate of drug-likeness (QED) is 0.696. The van der Waals surface area contributed by atoms with E-state index in [1.165, 1.54) is 20.1 Å². The molecule has 0 bridgehead atoms. The third-order valence-corrected chi connectivity index (χ3v) is 1.87. The first-order valence-electron chi connectivity index (χ1n) is 3.55. The lowest BCUT2D eigenvalue weighted by molar-refractivity contribution is 0.145. The Morgan fingerprint density at radius 3 is 2.62 bits per heavy atom. The van der Waals surface area contributed by atoms with Crippen molar-refractivity contribution in [1.82, 2.24) is 4.98 Å². The summed E-state index contributed by atoms with van der Waals surface area (Å²) in [4.78, 5) is 3.53. The summed E-state index contributed by atoms with van der Waals surface area (Å²) in [6, 6.07) is 1.44. The lowest BCUT2D eigenvalue weighted by Gasteiger charge is -2.07. The van der Waals surface area contributed by atoms with Gasteiger partial charge in [0, 0.05) is 0 Å². The van der Waals surface area contributed by atoms with Crippen LogP contribution in [0.15, 0.2) is 6.07 Å². The van der Waals surface area contributed by atoms with Crippen LogP contribution >= 0.6 is 11.6 Å². The van der Waals surface area contributed by atoms with Crippen molar-refractivity contribution in [1.29, 1.82) is 0 Å². The molecule has 13 heavy (non-hydrogen) atoms. The summed E-state index contributed by atoms with van der Waals surface area (Å²) in [5, 5.41) is -0.0385. The molecule has 0 atom stereocenters. The number of methoxy groups -OCH3 is 1. The summed E-state index contributed by atoms with van der Waals surface area (Å²) in [6.45, 7) is 1.54. The molecule has 0 fully saturated rings. The van der Waals surface area contributed by atoms with Crippen LogP contribution in [0, 0.1) is 6.92 Å². The number of hydrogen-bond donors (Lipinski definition) is 0. The topological polar surface area (TPSA) is 22.1 Å². The third-order valence-electron chi connectivity index (χ3n) is 1.60. The molecule has 0 saturated carbocycles. The highest BCUT2D eigenvalue weighted by Gasteiger charge is 2.15. The third kappa shape index (κ3) is 2.06. The van der Waals surface area contributed by atoms with E-state index >= 15 is 0 Å². The van der Waals surface area contributed by atoms with Gasteiger partial charge in [0.15, 0.2) is 10.9 Å². The Morgan fingerprint density at radius 1 is 1.54 bits per heavy atom. The number of pyridine rings is 1. The number of halogens is 3. The first-order chi connectivity index (χ1) is 6.06. The first kappa shape index (κ1) is 10.2. The molecule has 0 amide bonds. The highest BCUT2D eigenvalue weighted by molar-refractivity contribution is 6.30. The molecule has 0 radical (unpaired) electrons. The molecule has 0 saturated heterocycles. The average molecular weight is 208 g/mol. The van der Waals surface area contributed by atoms with Crippen LogP contribution in [-0.2, 0) is 0 Å². The number of nitrogens with zero attached hydrogens (tertiary/aromatic N) is 1. The standard InChI is InChI=1S/C8H8ClF2NO/c1-4-3-5(13-2)7(9)12-6(4)8(10)11/h3,8H,1-2H3. The fourth-order valence-corrected chi connectivity index (χ4v) is 1.17. The van der Waals surface area contributed by atoms with Gasteiger partial charge in [-0.25, -0.2) is 13.8 Å². The van der Waals surface area contributed by atoms with E-state index in [9.17, 15) is 8.78 Å². The molecular formula is C8H8ClF2NO. The molecule has 0 aromatic carbocycles. The zero-order chi connectivity index (χ0) is 10.0. The van der Waals surface area contributed by atoms with Gasteiger partial charge in [0.25, 0.3) is 6.43 Å². The van der Waals surface area contributed by atoms with Gasteiger partial charge in [0.05, 0.1) is 7.11 Å². The minimum atomic E-state index is -2.61. The molecule has 0 aliphatic heterocycles. The van der Waals surface area contributed by atoms with Gasteiger partial charge in [-0.3, -0.25) is 0 Å². The molecule has 0 aliphatic carbocycles. The molecule has 72 valence electrons.